The first-order valence-electron chi connectivity index (χ1n) is 6.62. The van der Waals surface area contributed by atoms with Crippen LogP contribution in [0.4, 0.5) is 4.79 Å². The molecular weight excluding hydrogens is 258 g/mol. The third kappa shape index (κ3) is 4.53. The number of nitrogens with one attached hydrogen (secondary N) is 1. The Bertz CT molecular complexity index is 448. The Hall–Kier alpha value is -2.11. The number of rotatable bonds is 6. The molecule has 20 heavy (non-hydrogen) atoms. The minimum Gasteiger partial charge on any atom is -0.480 e. The molecule has 1 aromatic rings. The fourth-order valence-electron chi connectivity index (χ4n) is 1.77. The zero-order valence-corrected chi connectivity index (χ0v) is 12.0. The molecule has 0 aliphatic carbocycles. The molecule has 0 aliphatic rings. The number of amides is 2. The molecule has 0 aromatic carbocycles. The summed E-state index contributed by atoms with van der Waals surface area (Å²) in [6.45, 7) is 6.30. The van der Waals surface area contributed by atoms with Crippen LogP contribution in [0.5, 0.6) is 0 Å². The van der Waals surface area contributed by atoms with E-state index in [-0.39, 0.29) is 11.9 Å². The highest BCUT2D eigenvalue weighted by molar-refractivity contribution is 5.82. The number of hydrogen-bond acceptors (Lipinski definition) is 3. The van der Waals surface area contributed by atoms with Crippen LogP contribution in [0.3, 0.4) is 0 Å². The van der Waals surface area contributed by atoms with Crippen LogP contribution in [0.25, 0.3) is 0 Å². The number of hydrogen-bond donors (Lipinski definition) is 2. The second kappa shape index (κ2) is 7.47. The third-order valence-electron chi connectivity index (χ3n) is 3.00. The highest BCUT2D eigenvalue weighted by Crippen LogP contribution is 2.06. The Morgan fingerprint density at radius 1 is 1.35 bits per heavy atom. The molecule has 0 aliphatic heterocycles. The maximum Gasteiger partial charge on any atom is 0.326 e. The normalized spacial score (nSPS) is 12.0. The average molecular weight is 279 g/mol. The zero-order chi connectivity index (χ0) is 15.1. The lowest BCUT2D eigenvalue weighted by Crippen LogP contribution is -2.49. The molecule has 0 fully saturated rings. The van der Waals surface area contributed by atoms with Gasteiger partial charge in [-0.3, -0.25) is 4.98 Å². The molecule has 0 radical (unpaired) electrons. The Morgan fingerprint density at radius 2 is 1.95 bits per heavy atom. The predicted octanol–water partition coefficient (Wildman–Crippen LogP) is 1.72. The number of nitrogens with zero attached hydrogens (tertiary/aromatic N) is 2. The van der Waals surface area contributed by atoms with Gasteiger partial charge in [-0.25, -0.2) is 9.59 Å². The third-order valence-corrected chi connectivity index (χ3v) is 3.00. The highest BCUT2D eigenvalue weighted by Gasteiger charge is 2.25. The first-order chi connectivity index (χ1) is 9.45. The first-order valence-corrected chi connectivity index (χ1v) is 6.62. The molecule has 6 heteroatoms. The second-order valence-corrected chi connectivity index (χ2v) is 4.88. The fraction of sp³-hybridized carbons (Fsp3) is 0.500. The van der Waals surface area contributed by atoms with Crippen LogP contribution in [-0.2, 0) is 11.3 Å². The van der Waals surface area contributed by atoms with Crippen LogP contribution in [0, 0.1) is 5.92 Å². The van der Waals surface area contributed by atoms with Gasteiger partial charge in [-0.1, -0.05) is 13.8 Å². The van der Waals surface area contributed by atoms with Crippen LogP contribution in [0.1, 0.15) is 26.3 Å². The van der Waals surface area contributed by atoms with Crippen LogP contribution in [0.2, 0.25) is 0 Å². The molecule has 1 rings (SSSR count). The summed E-state index contributed by atoms with van der Waals surface area (Å²) in [4.78, 5) is 28.7. The lowest BCUT2D eigenvalue weighted by Gasteiger charge is -2.25. The molecule has 0 spiro atoms. The standard InChI is InChI=1S/C14H21N3O3/c1-4-17(9-11-5-7-15-8-6-11)14(20)16-12(10(2)3)13(18)19/h5-8,10,12H,4,9H2,1-3H3,(H,16,20)(H,18,19). The lowest BCUT2D eigenvalue weighted by molar-refractivity contribution is -0.140. The van der Waals surface area contributed by atoms with Gasteiger partial charge >= 0.3 is 12.0 Å². The maximum atomic E-state index is 12.1. The van der Waals surface area contributed by atoms with Crippen molar-refractivity contribution in [1.29, 1.82) is 0 Å². The van der Waals surface area contributed by atoms with Gasteiger partial charge in [0.2, 0.25) is 0 Å². The summed E-state index contributed by atoms with van der Waals surface area (Å²) in [7, 11) is 0. The van der Waals surface area contributed by atoms with Crippen molar-refractivity contribution in [3.63, 3.8) is 0 Å². The summed E-state index contributed by atoms with van der Waals surface area (Å²) < 4.78 is 0. The number of aromatic nitrogens is 1. The molecule has 1 heterocycles. The van der Waals surface area contributed by atoms with Crippen molar-refractivity contribution >= 4 is 12.0 Å². The molecule has 0 saturated heterocycles. The summed E-state index contributed by atoms with van der Waals surface area (Å²) in [5.41, 5.74) is 0.952. The van der Waals surface area contributed by atoms with Gasteiger partial charge < -0.3 is 15.3 Å². The fourth-order valence-corrected chi connectivity index (χ4v) is 1.77. The van der Waals surface area contributed by atoms with Gasteiger partial charge in [-0.2, -0.15) is 0 Å². The molecule has 1 atom stereocenters. The second-order valence-electron chi connectivity index (χ2n) is 4.88. The van der Waals surface area contributed by atoms with E-state index in [1.54, 1.807) is 31.1 Å². The summed E-state index contributed by atoms with van der Waals surface area (Å²) in [6.07, 6.45) is 3.32. The van der Waals surface area contributed by atoms with Crippen LogP contribution < -0.4 is 5.32 Å². The average Bonchev–Trinajstić information content (AvgIpc) is 2.42. The molecule has 0 bridgehead atoms. The number of carbonyl (C=O) groups excluding carboxylic acids is 1. The van der Waals surface area contributed by atoms with Crippen molar-refractivity contribution in [2.75, 3.05) is 6.54 Å². The quantitative estimate of drug-likeness (QED) is 0.830. The number of urea groups is 1. The topological polar surface area (TPSA) is 82.5 Å². The number of pyridine rings is 1. The Labute approximate surface area is 118 Å². The SMILES string of the molecule is CCN(Cc1ccncc1)C(=O)NC(C(=O)O)C(C)C. The van der Waals surface area contributed by atoms with Crippen molar-refractivity contribution in [2.45, 2.75) is 33.4 Å². The van der Waals surface area contributed by atoms with E-state index in [2.05, 4.69) is 10.3 Å². The van der Waals surface area contributed by atoms with Crippen LogP contribution in [-0.4, -0.2) is 39.6 Å². The molecule has 2 N–H and O–H groups in total. The van der Waals surface area contributed by atoms with E-state index in [1.165, 1.54) is 0 Å². The largest absolute Gasteiger partial charge is 0.480 e. The van der Waals surface area contributed by atoms with Gasteiger partial charge in [-0.05, 0) is 30.5 Å². The Morgan fingerprint density at radius 3 is 2.40 bits per heavy atom. The molecular formula is C14H21N3O3. The van der Waals surface area contributed by atoms with Crippen molar-refractivity contribution in [3.05, 3.63) is 30.1 Å². The van der Waals surface area contributed by atoms with Gasteiger partial charge in [0, 0.05) is 25.5 Å². The van der Waals surface area contributed by atoms with E-state index in [4.69, 9.17) is 5.11 Å². The van der Waals surface area contributed by atoms with Crippen molar-refractivity contribution in [1.82, 2.24) is 15.2 Å². The highest BCUT2D eigenvalue weighted by atomic mass is 16.4. The zero-order valence-electron chi connectivity index (χ0n) is 12.0. The Kier molecular flexibility index (Phi) is 5.96. The number of carboxylic acids is 1. The van der Waals surface area contributed by atoms with Gasteiger partial charge in [-0.15, -0.1) is 0 Å². The van der Waals surface area contributed by atoms with Gasteiger partial charge in [0.1, 0.15) is 6.04 Å². The summed E-state index contributed by atoms with van der Waals surface area (Å²) >= 11 is 0. The van der Waals surface area contributed by atoms with Gasteiger partial charge in [0.25, 0.3) is 0 Å². The monoisotopic (exact) mass is 279 g/mol. The summed E-state index contributed by atoms with van der Waals surface area (Å²) in [6, 6.07) is 2.40. The van der Waals surface area contributed by atoms with E-state index in [0.717, 1.165) is 5.56 Å². The molecule has 1 unspecified atom stereocenters. The molecule has 1 aromatic heterocycles. The van der Waals surface area contributed by atoms with Crippen LogP contribution in [0.15, 0.2) is 24.5 Å². The smallest absolute Gasteiger partial charge is 0.326 e. The molecule has 6 nitrogen and oxygen atoms in total. The minimum absolute atomic E-state index is 0.170. The summed E-state index contributed by atoms with van der Waals surface area (Å²) in [5.74, 6) is -1.19. The van der Waals surface area contributed by atoms with E-state index in [1.807, 2.05) is 19.1 Å². The maximum absolute atomic E-state index is 12.1. The van der Waals surface area contributed by atoms with Crippen LogP contribution >= 0.6 is 0 Å². The van der Waals surface area contributed by atoms with Gasteiger partial charge in [0.15, 0.2) is 0 Å². The van der Waals surface area contributed by atoms with E-state index in [0.29, 0.717) is 13.1 Å². The predicted molar refractivity (Wildman–Crippen MR) is 75.1 cm³/mol. The van der Waals surface area contributed by atoms with Crippen molar-refractivity contribution < 1.29 is 14.7 Å². The Balaban J connectivity index is 2.69. The van der Waals surface area contributed by atoms with Crippen molar-refractivity contribution in [2.24, 2.45) is 5.92 Å². The van der Waals surface area contributed by atoms with Gasteiger partial charge in [0.05, 0.1) is 0 Å². The lowest BCUT2D eigenvalue weighted by atomic mass is 10.1. The number of carboxylic acid groups (broad SMARTS) is 1. The molecule has 0 saturated carbocycles. The first kappa shape index (κ1) is 15.9. The minimum atomic E-state index is -1.02. The van der Waals surface area contributed by atoms with E-state index < -0.39 is 12.0 Å². The van der Waals surface area contributed by atoms with E-state index in [9.17, 15) is 9.59 Å². The summed E-state index contributed by atoms with van der Waals surface area (Å²) in [5, 5.41) is 11.7. The molecule has 2 amide bonds. The molecule has 110 valence electrons. The van der Waals surface area contributed by atoms with E-state index >= 15 is 0 Å². The van der Waals surface area contributed by atoms with Crippen molar-refractivity contribution in [3.8, 4) is 0 Å². The number of carbonyl (C=O) groups is 2. The number of aliphatic carboxylic acids is 1.